The van der Waals surface area contributed by atoms with Gasteiger partial charge in [0.1, 0.15) is 5.76 Å². The summed E-state index contributed by atoms with van der Waals surface area (Å²) in [5.41, 5.74) is 6.27. The first-order valence-electron chi connectivity index (χ1n) is 7.01. The van der Waals surface area contributed by atoms with Crippen LogP contribution in [0, 0.1) is 0 Å². The molecule has 106 valence electrons. The maximum atomic E-state index is 12.0. The molecule has 1 aliphatic rings. The highest BCUT2D eigenvalue weighted by atomic mass is 16.3. The highest BCUT2D eigenvalue weighted by molar-refractivity contribution is 5.82. The summed E-state index contributed by atoms with van der Waals surface area (Å²) in [4.78, 5) is 14.2. The molecule has 2 rings (SSSR count). The Labute approximate surface area is 114 Å². The monoisotopic (exact) mass is 265 g/mol. The third-order valence-corrected chi connectivity index (χ3v) is 3.83. The van der Waals surface area contributed by atoms with Gasteiger partial charge in [0.15, 0.2) is 0 Å². The molecule has 0 bridgehead atoms. The molecular formula is C14H23N3O2. The van der Waals surface area contributed by atoms with Gasteiger partial charge < -0.3 is 15.5 Å². The normalized spacial score (nSPS) is 23.9. The van der Waals surface area contributed by atoms with Crippen molar-refractivity contribution in [3.05, 3.63) is 24.2 Å². The number of nitrogens with zero attached hydrogens (tertiary/aromatic N) is 1. The summed E-state index contributed by atoms with van der Waals surface area (Å²) in [6.07, 6.45) is 3.29. The van der Waals surface area contributed by atoms with Crippen LogP contribution in [-0.2, 0) is 4.79 Å². The molecule has 5 nitrogen and oxygen atoms in total. The average molecular weight is 265 g/mol. The molecule has 3 N–H and O–H groups in total. The fourth-order valence-electron chi connectivity index (χ4n) is 2.79. The van der Waals surface area contributed by atoms with E-state index < -0.39 is 0 Å². The van der Waals surface area contributed by atoms with Gasteiger partial charge in [-0.2, -0.15) is 0 Å². The van der Waals surface area contributed by atoms with Gasteiger partial charge in [-0.1, -0.05) is 13.8 Å². The van der Waals surface area contributed by atoms with Crippen LogP contribution in [-0.4, -0.2) is 36.0 Å². The van der Waals surface area contributed by atoms with E-state index in [9.17, 15) is 4.79 Å². The van der Waals surface area contributed by atoms with Crippen LogP contribution in [0.25, 0.3) is 0 Å². The quantitative estimate of drug-likeness (QED) is 0.841. The average Bonchev–Trinajstić information content (AvgIpc) is 2.93. The van der Waals surface area contributed by atoms with Gasteiger partial charge in [-0.3, -0.25) is 9.69 Å². The van der Waals surface area contributed by atoms with Crippen molar-refractivity contribution < 1.29 is 9.21 Å². The number of carbonyl (C=O) groups excluding carboxylic acids is 1. The third-order valence-electron chi connectivity index (χ3n) is 3.83. The van der Waals surface area contributed by atoms with Crippen LogP contribution >= 0.6 is 0 Å². The molecule has 1 fully saturated rings. The second-order valence-corrected chi connectivity index (χ2v) is 4.99. The molecule has 0 aromatic carbocycles. The van der Waals surface area contributed by atoms with Gasteiger partial charge in [-0.25, -0.2) is 0 Å². The molecule has 3 atom stereocenters. The van der Waals surface area contributed by atoms with E-state index >= 15 is 0 Å². The number of rotatable bonds is 5. The number of amides is 1. The van der Waals surface area contributed by atoms with Crippen LogP contribution in [0.2, 0.25) is 0 Å². The van der Waals surface area contributed by atoms with Crippen molar-refractivity contribution in [3.63, 3.8) is 0 Å². The Hall–Kier alpha value is -1.33. The fourth-order valence-corrected chi connectivity index (χ4v) is 2.79. The first-order valence-corrected chi connectivity index (χ1v) is 7.01. The molecule has 1 aromatic heterocycles. The summed E-state index contributed by atoms with van der Waals surface area (Å²) in [6.45, 7) is 5.57. The highest BCUT2D eigenvalue weighted by Gasteiger charge is 2.37. The standard InChI is InChI=1S/C14H23N3O2/c1-3-10(15)13(12-6-5-9-19-12)17-8-7-16-14(18)11(17)4-2/h5-6,9-11,13H,3-4,7-8,15H2,1-2H3,(H,16,18). The molecule has 0 saturated carbocycles. The summed E-state index contributed by atoms with van der Waals surface area (Å²) in [7, 11) is 0. The molecule has 2 heterocycles. The van der Waals surface area contributed by atoms with Crippen LogP contribution in [0.5, 0.6) is 0 Å². The van der Waals surface area contributed by atoms with Crippen LogP contribution < -0.4 is 11.1 Å². The maximum absolute atomic E-state index is 12.0. The Kier molecular flexibility index (Phi) is 4.61. The predicted octanol–water partition coefficient (Wildman–Crippen LogP) is 1.27. The molecular weight excluding hydrogens is 242 g/mol. The Morgan fingerprint density at radius 2 is 2.37 bits per heavy atom. The zero-order chi connectivity index (χ0) is 13.8. The first kappa shape index (κ1) is 14.1. The van der Waals surface area contributed by atoms with Gasteiger partial charge >= 0.3 is 0 Å². The molecule has 0 aliphatic carbocycles. The number of hydrogen-bond donors (Lipinski definition) is 2. The van der Waals surface area contributed by atoms with Crippen molar-refractivity contribution in [1.29, 1.82) is 0 Å². The molecule has 3 unspecified atom stereocenters. The SMILES string of the molecule is CCC(N)C(c1ccco1)N1CCNC(=O)C1CC. The van der Waals surface area contributed by atoms with E-state index in [0.29, 0.717) is 6.54 Å². The van der Waals surface area contributed by atoms with Crippen LogP contribution in [0.4, 0.5) is 0 Å². The summed E-state index contributed by atoms with van der Waals surface area (Å²) >= 11 is 0. The molecule has 1 amide bonds. The summed E-state index contributed by atoms with van der Waals surface area (Å²) < 4.78 is 5.55. The molecule has 5 heteroatoms. The van der Waals surface area contributed by atoms with E-state index in [1.54, 1.807) is 6.26 Å². The number of nitrogens with two attached hydrogens (primary N) is 1. The number of hydrogen-bond acceptors (Lipinski definition) is 4. The molecule has 0 spiro atoms. The summed E-state index contributed by atoms with van der Waals surface area (Å²) in [6, 6.07) is 3.62. The van der Waals surface area contributed by atoms with Gasteiger partial charge in [0.05, 0.1) is 18.3 Å². The lowest BCUT2D eigenvalue weighted by molar-refractivity contribution is -0.131. The Morgan fingerprint density at radius 3 is 2.95 bits per heavy atom. The van der Waals surface area contributed by atoms with E-state index in [2.05, 4.69) is 17.1 Å². The Balaban J connectivity index is 2.29. The van der Waals surface area contributed by atoms with E-state index in [1.165, 1.54) is 0 Å². The van der Waals surface area contributed by atoms with Crippen molar-refractivity contribution in [2.24, 2.45) is 5.73 Å². The number of piperazine rings is 1. The fraction of sp³-hybridized carbons (Fsp3) is 0.643. The smallest absolute Gasteiger partial charge is 0.237 e. The van der Waals surface area contributed by atoms with E-state index in [0.717, 1.165) is 25.1 Å². The minimum absolute atomic E-state index is 0.0315. The third kappa shape index (κ3) is 2.82. The zero-order valence-corrected chi connectivity index (χ0v) is 11.6. The van der Waals surface area contributed by atoms with Crippen LogP contribution in [0.15, 0.2) is 22.8 Å². The second-order valence-electron chi connectivity index (χ2n) is 4.99. The predicted molar refractivity (Wildman–Crippen MR) is 73.5 cm³/mol. The zero-order valence-electron chi connectivity index (χ0n) is 11.6. The van der Waals surface area contributed by atoms with Gasteiger partial charge in [0, 0.05) is 19.1 Å². The minimum atomic E-state index is -0.124. The second kappa shape index (κ2) is 6.21. The Morgan fingerprint density at radius 1 is 1.58 bits per heavy atom. The number of carbonyl (C=O) groups is 1. The van der Waals surface area contributed by atoms with Gasteiger partial charge in [-0.05, 0) is 25.0 Å². The molecule has 1 saturated heterocycles. The summed E-state index contributed by atoms with van der Waals surface area (Å²) in [5, 5.41) is 2.92. The number of nitrogens with one attached hydrogen (secondary N) is 1. The molecule has 19 heavy (non-hydrogen) atoms. The van der Waals surface area contributed by atoms with Gasteiger partial charge in [-0.15, -0.1) is 0 Å². The van der Waals surface area contributed by atoms with E-state index in [4.69, 9.17) is 10.2 Å². The topological polar surface area (TPSA) is 71.5 Å². The number of furan rings is 1. The lowest BCUT2D eigenvalue weighted by Crippen LogP contribution is -2.58. The molecule has 1 aliphatic heterocycles. The van der Waals surface area contributed by atoms with E-state index in [1.807, 2.05) is 19.1 Å². The highest BCUT2D eigenvalue weighted by Crippen LogP contribution is 2.29. The van der Waals surface area contributed by atoms with Crippen molar-refractivity contribution in [2.75, 3.05) is 13.1 Å². The van der Waals surface area contributed by atoms with Gasteiger partial charge in [0.2, 0.25) is 5.91 Å². The van der Waals surface area contributed by atoms with Crippen molar-refractivity contribution in [3.8, 4) is 0 Å². The lowest BCUT2D eigenvalue weighted by Gasteiger charge is -2.41. The van der Waals surface area contributed by atoms with E-state index in [-0.39, 0.29) is 24.0 Å². The first-order chi connectivity index (χ1) is 9.19. The maximum Gasteiger partial charge on any atom is 0.237 e. The van der Waals surface area contributed by atoms with Crippen LogP contribution in [0.1, 0.15) is 38.5 Å². The lowest BCUT2D eigenvalue weighted by atomic mass is 9.97. The Bertz CT molecular complexity index is 405. The largest absolute Gasteiger partial charge is 0.468 e. The summed E-state index contributed by atoms with van der Waals surface area (Å²) in [5.74, 6) is 0.941. The van der Waals surface area contributed by atoms with Gasteiger partial charge in [0.25, 0.3) is 0 Å². The molecule has 1 aromatic rings. The van der Waals surface area contributed by atoms with Crippen molar-refractivity contribution in [1.82, 2.24) is 10.2 Å². The molecule has 0 radical (unpaired) electrons. The van der Waals surface area contributed by atoms with Crippen molar-refractivity contribution in [2.45, 2.75) is 44.8 Å². The van der Waals surface area contributed by atoms with Crippen LogP contribution in [0.3, 0.4) is 0 Å². The minimum Gasteiger partial charge on any atom is -0.468 e. The van der Waals surface area contributed by atoms with Crippen molar-refractivity contribution >= 4 is 5.91 Å².